The van der Waals surface area contributed by atoms with E-state index in [9.17, 15) is 50.2 Å². The van der Waals surface area contributed by atoms with E-state index in [1.54, 1.807) is 0 Å². The molecule has 5 heterocycles. The van der Waals surface area contributed by atoms with Crippen LogP contribution >= 0.6 is 12.0 Å². The van der Waals surface area contributed by atoms with Gasteiger partial charge in [0.1, 0.15) is 15.4 Å². The fourth-order valence-electron chi connectivity index (χ4n) is 8.96. The molecule has 11 aromatic rings. The molecule has 0 saturated heterocycles. The molecule has 18 nitrogen and oxygen atoms in total. The van der Waals surface area contributed by atoms with Gasteiger partial charge in [-0.15, -0.1) is 4.33 Å². The molecule has 4 aromatic heterocycles. The zero-order valence-electron chi connectivity index (χ0n) is 27.4. The third kappa shape index (κ3) is 3.53. The Morgan fingerprint density at radius 2 is 1.18 bits per heavy atom. The van der Waals surface area contributed by atoms with Crippen molar-refractivity contribution in [2.45, 2.75) is 19.6 Å². The van der Waals surface area contributed by atoms with Crippen LogP contribution in [0.4, 0.5) is 0 Å². The highest BCUT2D eigenvalue weighted by Crippen LogP contribution is 2.50. The van der Waals surface area contributed by atoms with Crippen LogP contribution in [-0.2, 0) is 29.3 Å². The summed E-state index contributed by atoms with van der Waals surface area (Å²) in [6.45, 7) is 0. The molecule has 0 atom stereocenters. The van der Waals surface area contributed by atoms with E-state index in [-0.39, 0.29) is 87.2 Å². The molecule has 1 aliphatic rings. The van der Waals surface area contributed by atoms with Gasteiger partial charge >= 0.3 is 0 Å². The van der Waals surface area contributed by atoms with Gasteiger partial charge < -0.3 is 0 Å². The monoisotopic (exact) mass is 818 g/mol. The number of sulfone groups is 1. The third-order valence-electron chi connectivity index (χ3n) is 11.0. The summed E-state index contributed by atoms with van der Waals surface area (Å²) in [7, 11) is -9.97. The number of benzene rings is 7. The Balaban J connectivity index is 1.37. The lowest BCUT2D eigenvalue weighted by molar-refractivity contribution is -0.432. The molecule has 1 aliphatic heterocycles. The smallest absolute Gasteiger partial charge is 0.289 e. The minimum atomic E-state index is -5.17. The van der Waals surface area contributed by atoms with Gasteiger partial charge in [-0.25, -0.2) is 23.6 Å². The Labute approximate surface area is 313 Å². The number of fused-ring (bicyclic) bond motifs is 9. The van der Waals surface area contributed by atoms with Crippen molar-refractivity contribution in [1.29, 1.82) is 0 Å². The third-order valence-corrected chi connectivity index (χ3v) is 14.2. The number of hydrogen-bond acceptors (Lipinski definition) is 16. The molecule has 12 rings (SSSR count). The normalized spacial score (nSPS) is 14.5. The molecule has 0 unspecified atom stereocenters. The lowest BCUT2D eigenvalue weighted by Crippen LogP contribution is -2.25. The molecule has 0 amide bonds. The predicted octanol–water partition coefficient (Wildman–Crippen LogP) is 2.38. The quantitative estimate of drug-likeness (QED) is 0.0645. The average molecular weight is 819 g/mol. The van der Waals surface area contributed by atoms with Crippen LogP contribution in [0.1, 0.15) is 0 Å². The van der Waals surface area contributed by atoms with Gasteiger partial charge in [-0.3, -0.25) is 42.1 Å². The summed E-state index contributed by atoms with van der Waals surface area (Å²) >= 11 is 0.562. The van der Waals surface area contributed by atoms with Gasteiger partial charge in [0.05, 0.1) is 55.2 Å². The Morgan fingerprint density at radius 3 is 1.82 bits per heavy atom. The zero-order chi connectivity index (χ0) is 39.5. The molecular weight excluding hydrogens is 809 g/mol. The molecule has 276 valence electrons. The molecule has 21 heteroatoms. The van der Waals surface area contributed by atoms with E-state index < -0.39 is 78.2 Å². The molecule has 0 saturated carbocycles. The van der Waals surface area contributed by atoms with Crippen molar-refractivity contribution in [3.05, 3.63) is 110 Å². The number of nitrogens with zero attached hydrogens (tertiary/aromatic N) is 4. The number of pyridine rings is 2. The molecule has 0 radical (unpaired) electrons. The first-order chi connectivity index (χ1) is 27.1. The van der Waals surface area contributed by atoms with Crippen molar-refractivity contribution in [2.75, 3.05) is 0 Å². The lowest BCUT2D eigenvalue weighted by Gasteiger charge is -2.15. The van der Waals surface area contributed by atoms with Crippen LogP contribution in [0.5, 0.6) is 0 Å². The van der Waals surface area contributed by atoms with Crippen molar-refractivity contribution >= 4 is 130 Å². The van der Waals surface area contributed by atoms with Crippen LogP contribution in [0, 0.1) is 0 Å². The summed E-state index contributed by atoms with van der Waals surface area (Å²) < 4.78 is 69.7. The van der Waals surface area contributed by atoms with Gasteiger partial charge in [0.15, 0.2) is 16.5 Å². The van der Waals surface area contributed by atoms with Crippen molar-refractivity contribution in [3.8, 4) is 0 Å². The fraction of sp³-hybridized carbons (Fsp3) is 0. The Morgan fingerprint density at radius 1 is 0.614 bits per heavy atom. The molecule has 7 aromatic carbocycles. The van der Waals surface area contributed by atoms with E-state index >= 15 is 0 Å². The summed E-state index contributed by atoms with van der Waals surface area (Å²) in [6, 6.07) is 9.44. The Hall–Kier alpha value is -6.59. The zero-order valence-corrected chi connectivity index (χ0v) is 29.9. The van der Waals surface area contributed by atoms with E-state index in [4.69, 9.17) is 5.26 Å². The summed E-state index contributed by atoms with van der Waals surface area (Å²) in [5.41, 5.74) is -6.67. The summed E-state index contributed by atoms with van der Waals surface area (Å²) in [4.78, 5) is 93.9. The first-order valence-corrected chi connectivity index (χ1v) is 19.9. The van der Waals surface area contributed by atoms with E-state index in [2.05, 4.69) is 19.3 Å². The number of aromatic nitrogens is 4. The SMILES string of the molecule is O=c1c2c3c4c(c(=O)c5c6c(cc(=O)c(c7c(=O)cc8c(c1c(=O)n1c9cc(S(=O)(=O)O)ccc9nc81)c37)c46)c(=O)n1c3cc(SOOO)ccc3nc51)S2(=O)=O. The molecule has 0 aliphatic carbocycles. The van der Waals surface area contributed by atoms with Crippen LogP contribution < -0.4 is 32.8 Å². The highest BCUT2D eigenvalue weighted by Gasteiger charge is 2.43. The maximum atomic E-state index is 14.8. The van der Waals surface area contributed by atoms with Crippen LogP contribution in [-0.4, -0.2) is 45.4 Å². The minimum Gasteiger partial charge on any atom is -0.289 e. The summed E-state index contributed by atoms with van der Waals surface area (Å²) in [5.74, 6) is 0. The average Bonchev–Trinajstić information content (AvgIpc) is 3.81. The van der Waals surface area contributed by atoms with Crippen LogP contribution in [0.25, 0.3) is 98.0 Å². The molecule has 0 bridgehead atoms. The maximum Gasteiger partial charge on any atom is 0.294 e. The fourth-order valence-corrected chi connectivity index (χ4v) is 11.7. The second-order valence-corrected chi connectivity index (χ2v) is 17.6. The first-order valence-electron chi connectivity index (χ1n) is 16.3. The van der Waals surface area contributed by atoms with Crippen molar-refractivity contribution < 1.29 is 36.0 Å². The minimum absolute atomic E-state index is 0.0193. The van der Waals surface area contributed by atoms with Gasteiger partial charge in [-0.05, 0) is 48.5 Å². The van der Waals surface area contributed by atoms with Crippen LogP contribution in [0.3, 0.4) is 0 Å². The van der Waals surface area contributed by atoms with Crippen molar-refractivity contribution in [3.63, 3.8) is 0 Å². The number of hydrogen-bond donors (Lipinski definition) is 2. The standard InChI is InChI=1S/C36H10N4O14S3/c41-17-7-11-19-23-21(17)22-18(42)8-12-20-24(22)26-25(23)32(30(44)28(19)36(46)39-16-6-10(57(50,51)52)2-4-14(16)37-33(11)39)56(48,49)31(26)29(43)27(20)34-38-13-3-1-9(55-54-53-47)5-15(13)40(34)35(12)45/h1-8,47H,(H,50,51,52). The molecule has 0 spiro atoms. The van der Waals surface area contributed by atoms with Crippen LogP contribution in [0.15, 0.2) is 96.9 Å². The van der Waals surface area contributed by atoms with E-state index in [0.717, 1.165) is 33.1 Å². The Bertz CT molecular complexity index is 4440. The second-order valence-electron chi connectivity index (χ2n) is 13.6. The first kappa shape index (κ1) is 32.6. The maximum absolute atomic E-state index is 14.8. The second kappa shape index (κ2) is 9.85. The molecular formula is C36H10N4O14S3. The molecule has 0 fully saturated rings. The van der Waals surface area contributed by atoms with Crippen molar-refractivity contribution in [2.24, 2.45) is 0 Å². The van der Waals surface area contributed by atoms with Gasteiger partial charge in [0, 0.05) is 53.4 Å². The number of imidazole rings is 2. The lowest BCUT2D eigenvalue weighted by atomic mass is 9.85. The van der Waals surface area contributed by atoms with E-state index in [1.165, 1.54) is 24.3 Å². The van der Waals surface area contributed by atoms with Gasteiger partial charge in [-0.2, -0.15) is 8.42 Å². The Kier molecular flexibility index (Phi) is 5.64. The van der Waals surface area contributed by atoms with E-state index in [0.29, 0.717) is 16.9 Å². The van der Waals surface area contributed by atoms with E-state index in [1.807, 2.05) is 0 Å². The largest absolute Gasteiger partial charge is 0.294 e. The summed E-state index contributed by atoms with van der Waals surface area (Å²) in [6.07, 6.45) is 0. The predicted molar refractivity (Wildman–Crippen MR) is 203 cm³/mol. The molecule has 57 heavy (non-hydrogen) atoms. The van der Waals surface area contributed by atoms with Crippen LogP contribution in [0.2, 0.25) is 0 Å². The topological polar surface area (TPSA) is 264 Å². The van der Waals surface area contributed by atoms with Gasteiger partial charge in [0.2, 0.25) is 20.7 Å². The van der Waals surface area contributed by atoms with Gasteiger partial charge in [-0.1, -0.05) is 5.04 Å². The number of rotatable bonds is 4. The molecule has 2 N–H and O–H groups in total. The highest BCUT2D eigenvalue weighted by molar-refractivity contribution is 7.94. The van der Waals surface area contributed by atoms with Gasteiger partial charge in [0.25, 0.3) is 21.2 Å². The summed E-state index contributed by atoms with van der Waals surface area (Å²) in [5, 5.41) is 8.39. The van der Waals surface area contributed by atoms with Crippen molar-refractivity contribution in [1.82, 2.24) is 18.8 Å². The highest BCUT2D eigenvalue weighted by atomic mass is 32.2.